The molecule has 0 saturated heterocycles. The Morgan fingerprint density at radius 1 is 1.13 bits per heavy atom. The van der Waals surface area contributed by atoms with E-state index in [4.69, 9.17) is 0 Å². The van der Waals surface area contributed by atoms with Crippen molar-refractivity contribution < 1.29 is 4.57 Å². The van der Waals surface area contributed by atoms with E-state index >= 15 is 0 Å². The third-order valence-corrected chi connectivity index (χ3v) is 4.33. The predicted octanol–water partition coefficient (Wildman–Crippen LogP) is 3.55. The zero-order chi connectivity index (χ0) is 10.3. The topological polar surface area (TPSA) is 3.88 Å². The van der Waals surface area contributed by atoms with Crippen LogP contribution in [0.5, 0.6) is 0 Å². The van der Waals surface area contributed by atoms with Gasteiger partial charge in [0.05, 0.1) is 0 Å². The van der Waals surface area contributed by atoms with E-state index in [0.29, 0.717) is 0 Å². The number of benzene rings is 1. The van der Waals surface area contributed by atoms with Gasteiger partial charge in [-0.25, -0.2) is 0 Å². The van der Waals surface area contributed by atoms with E-state index in [1.54, 1.807) is 22.7 Å². The maximum absolute atomic E-state index is 2.26. The largest absolute Gasteiger partial charge is 0.268 e. The van der Waals surface area contributed by atoms with E-state index in [0.717, 1.165) is 0 Å². The lowest BCUT2D eigenvalue weighted by Gasteiger charge is -1.87. The molecule has 0 bridgehead atoms. The lowest BCUT2D eigenvalue weighted by molar-refractivity contribution is -0.557. The second-order valence-electron chi connectivity index (χ2n) is 3.52. The summed E-state index contributed by atoms with van der Waals surface area (Å²) in [6, 6.07) is 10.7. The maximum Gasteiger partial charge on any atom is 0.268 e. The van der Waals surface area contributed by atoms with Crippen LogP contribution in [-0.2, 0) is 0 Å². The summed E-state index contributed by atoms with van der Waals surface area (Å²) in [5.74, 6) is 0. The number of fused-ring (bicyclic) bond motifs is 1. The summed E-state index contributed by atoms with van der Waals surface area (Å²) >= 11 is 3.58. The van der Waals surface area contributed by atoms with Gasteiger partial charge in [-0.15, -0.1) is 4.57 Å². The molecule has 0 fully saturated rings. The van der Waals surface area contributed by atoms with Gasteiger partial charge < -0.3 is 0 Å². The first-order valence-electron chi connectivity index (χ1n) is 4.78. The molecule has 2 aromatic heterocycles. The molecular formula is C12H10NS2+. The molecule has 0 spiro atoms. The second kappa shape index (κ2) is 3.43. The Kier molecular flexibility index (Phi) is 2.08. The van der Waals surface area contributed by atoms with Crippen LogP contribution in [0.4, 0.5) is 0 Å². The van der Waals surface area contributed by atoms with Gasteiger partial charge in [-0.3, -0.25) is 0 Å². The Morgan fingerprint density at radius 2 is 2.00 bits per heavy atom. The van der Waals surface area contributed by atoms with Crippen LogP contribution in [0.1, 0.15) is 5.56 Å². The molecule has 0 radical (unpaired) electrons. The van der Waals surface area contributed by atoms with Crippen molar-refractivity contribution in [3.63, 3.8) is 0 Å². The van der Waals surface area contributed by atoms with E-state index in [1.165, 1.54) is 20.8 Å². The molecule has 1 aromatic carbocycles. The minimum atomic E-state index is 1.30. The molecule has 3 rings (SSSR count). The molecule has 0 saturated carbocycles. The zero-order valence-electron chi connectivity index (χ0n) is 8.31. The Morgan fingerprint density at radius 3 is 2.80 bits per heavy atom. The molecule has 0 N–H and O–H groups in total. The van der Waals surface area contributed by atoms with Crippen LogP contribution in [0.2, 0.25) is 0 Å². The van der Waals surface area contributed by atoms with Gasteiger partial charge in [0.15, 0.2) is 0 Å². The fraction of sp³-hybridized carbons (Fsp3) is 0.0833. The summed E-state index contributed by atoms with van der Waals surface area (Å²) in [6.45, 7) is 2.13. The molecule has 0 unspecified atom stereocenters. The normalized spacial score (nSPS) is 11.0. The Labute approximate surface area is 96.2 Å². The highest BCUT2D eigenvalue weighted by Crippen LogP contribution is 2.20. The van der Waals surface area contributed by atoms with E-state index < -0.39 is 0 Å². The molecule has 0 aliphatic rings. The summed E-state index contributed by atoms with van der Waals surface area (Å²) in [5, 5.41) is 3.49. The summed E-state index contributed by atoms with van der Waals surface area (Å²) in [6.07, 6.45) is 0. The number of rotatable bonds is 1. The Balaban J connectivity index is 2.27. The number of aromatic nitrogens is 1. The van der Waals surface area contributed by atoms with Crippen LogP contribution in [0, 0.1) is 6.92 Å². The first-order valence-corrected chi connectivity index (χ1v) is 6.54. The molecule has 0 aliphatic heterocycles. The van der Waals surface area contributed by atoms with Gasteiger partial charge >= 0.3 is 0 Å². The first-order chi connectivity index (χ1) is 7.34. The average molecular weight is 232 g/mol. The molecule has 74 valence electrons. The summed E-state index contributed by atoms with van der Waals surface area (Å²) in [7, 11) is 0. The van der Waals surface area contributed by atoms with Crippen LogP contribution >= 0.6 is 22.7 Å². The Hall–Kier alpha value is -1.19. The van der Waals surface area contributed by atoms with Crippen LogP contribution < -0.4 is 4.57 Å². The Bertz CT molecular complexity index is 607. The molecule has 1 nitrogen and oxygen atoms in total. The van der Waals surface area contributed by atoms with Gasteiger partial charge in [0.2, 0.25) is 11.0 Å². The minimum Gasteiger partial charge on any atom is -0.140 e. The van der Waals surface area contributed by atoms with E-state index in [-0.39, 0.29) is 0 Å². The highest BCUT2D eigenvalue weighted by atomic mass is 32.1. The number of thiophene rings is 1. The lowest BCUT2D eigenvalue weighted by atomic mass is 10.3. The molecule has 15 heavy (non-hydrogen) atoms. The van der Waals surface area contributed by atoms with Crippen molar-refractivity contribution in [3.05, 3.63) is 46.8 Å². The van der Waals surface area contributed by atoms with E-state index in [2.05, 4.69) is 52.7 Å². The van der Waals surface area contributed by atoms with Gasteiger partial charge in [-0.05, 0) is 18.6 Å². The maximum atomic E-state index is 2.26. The standard InChI is InChI=1S/C12H10NS2/c1-9-6-12(14-7-9)13-8-15-11-5-3-2-4-10(11)13/h2-8H,1H3/q+1. The number of hydrogen-bond acceptors (Lipinski definition) is 2. The van der Waals surface area contributed by atoms with Gasteiger partial charge in [0.1, 0.15) is 4.70 Å². The number of aryl methyl sites for hydroxylation is 1. The van der Waals surface area contributed by atoms with Crippen LogP contribution in [0.25, 0.3) is 15.2 Å². The predicted molar refractivity (Wildman–Crippen MR) is 66.0 cm³/mol. The van der Waals surface area contributed by atoms with Crippen LogP contribution in [-0.4, -0.2) is 0 Å². The number of thiazole rings is 1. The minimum absolute atomic E-state index is 1.30. The van der Waals surface area contributed by atoms with Crippen molar-refractivity contribution in [2.24, 2.45) is 0 Å². The highest BCUT2D eigenvalue weighted by molar-refractivity contribution is 7.16. The fourth-order valence-electron chi connectivity index (χ4n) is 1.64. The van der Waals surface area contributed by atoms with E-state index in [1.807, 2.05) is 0 Å². The van der Waals surface area contributed by atoms with Gasteiger partial charge in [0, 0.05) is 17.5 Å². The van der Waals surface area contributed by atoms with Gasteiger partial charge in [0.25, 0.3) is 5.00 Å². The van der Waals surface area contributed by atoms with Crippen LogP contribution in [0.15, 0.2) is 41.2 Å². The molecule has 0 atom stereocenters. The SMILES string of the molecule is Cc1csc(-[n+]2csc3ccccc32)c1. The van der Waals surface area contributed by atoms with Crippen molar-refractivity contribution in [2.45, 2.75) is 6.92 Å². The summed E-state index contributed by atoms with van der Waals surface area (Å²) in [5.41, 5.74) is 4.80. The summed E-state index contributed by atoms with van der Waals surface area (Å²) in [4.78, 5) is 0. The number of hydrogen-bond donors (Lipinski definition) is 0. The molecule has 0 amide bonds. The second-order valence-corrected chi connectivity index (χ2v) is 5.30. The van der Waals surface area contributed by atoms with Crippen molar-refractivity contribution in [2.75, 3.05) is 0 Å². The number of nitrogens with zero attached hydrogens (tertiary/aromatic N) is 1. The molecule has 3 heteroatoms. The smallest absolute Gasteiger partial charge is 0.140 e. The van der Waals surface area contributed by atoms with Gasteiger partial charge in [-0.1, -0.05) is 34.8 Å². The zero-order valence-corrected chi connectivity index (χ0v) is 9.94. The lowest BCUT2D eigenvalue weighted by Crippen LogP contribution is -2.26. The third kappa shape index (κ3) is 1.48. The molecule has 0 aliphatic carbocycles. The monoisotopic (exact) mass is 232 g/mol. The quantitative estimate of drug-likeness (QED) is 0.565. The molecule has 2 heterocycles. The fourth-order valence-corrected chi connectivity index (χ4v) is 3.49. The van der Waals surface area contributed by atoms with Crippen LogP contribution in [0.3, 0.4) is 0 Å². The van der Waals surface area contributed by atoms with Crippen molar-refractivity contribution in [1.29, 1.82) is 0 Å². The highest BCUT2D eigenvalue weighted by Gasteiger charge is 2.15. The van der Waals surface area contributed by atoms with E-state index in [9.17, 15) is 0 Å². The van der Waals surface area contributed by atoms with Crippen molar-refractivity contribution >= 4 is 32.9 Å². The number of para-hydroxylation sites is 1. The first kappa shape index (κ1) is 9.07. The van der Waals surface area contributed by atoms with Gasteiger partial charge in [-0.2, -0.15) is 0 Å². The van der Waals surface area contributed by atoms with Crippen molar-refractivity contribution in [3.8, 4) is 5.00 Å². The molecular weight excluding hydrogens is 222 g/mol. The molecule has 3 aromatic rings. The third-order valence-electron chi connectivity index (χ3n) is 2.36. The summed E-state index contributed by atoms with van der Waals surface area (Å²) < 4.78 is 3.60. The average Bonchev–Trinajstić information content (AvgIpc) is 2.83. The van der Waals surface area contributed by atoms with Crippen molar-refractivity contribution in [1.82, 2.24) is 0 Å².